The van der Waals surface area contributed by atoms with Crippen LogP contribution >= 0.6 is 22.6 Å². The van der Waals surface area contributed by atoms with Gasteiger partial charge in [0.15, 0.2) is 0 Å². The number of hydrogen-bond donors (Lipinski definition) is 0. The molecule has 0 aromatic heterocycles. The molecular weight excluding hydrogens is 299 g/mol. The molecule has 0 aliphatic carbocycles. The van der Waals surface area contributed by atoms with Gasteiger partial charge in [-0.05, 0) is 58.2 Å². The Kier molecular flexibility index (Phi) is 4.90. The lowest BCUT2D eigenvalue weighted by atomic mass is 10.0. The van der Waals surface area contributed by atoms with Crippen LogP contribution in [-0.2, 0) is 0 Å². The average Bonchev–Trinajstić information content (AvgIpc) is 2.15. The predicted octanol–water partition coefficient (Wildman–Crippen LogP) is 4.45. The van der Waals surface area contributed by atoms with Crippen molar-refractivity contribution in [1.29, 1.82) is 0 Å². The van der Waals surface area contributed by atoms with Crippen LogP contribution in [0, 0.1) is 9.49 Å². The van der Waals surface area contributed by atoms with Gasteiger partial charge < -0.3 is 4.74 Å². The highest BCUT2D eigenvalue weighted by atomic mass is 127. The van der Waals surface area contributed by atoms with E-state index >= 15 is 0 Å². The Bertz CT molecular complexity index is 318. The van der Waals surface area contributed by atoms with Crippen LogP contribution in [0.4, 0.5) is 0 Å². The molecule has 1 aromatic rings. The zero-order valence-electron chi connectivity index (χ0n) is 9.88. The molecule has 0 N–H and O–H groups in total. The van der Waals surface area contributed by atoms with Crippen LogP contribution in [0.25, 0.3) is 0 Å². The minimum Gasteiger partial charge on any atom is -0.493 e. The summed E-state index contributed by atoms with van der Waals surface area (Å²) in [5, 5.41) is 0. The lowest BCUT2D eigenvalue weighted by Gasteiger charge is -2.15. The van der Waals surface area contributed by atoms with Gasteiger partial charge in [0.2, 0.25) is 0 Å². The van der Waals surface area contributed by atoms with Gasteiger partial charge in [0, 0.05) is 3.57 Å². The monoisotopic (exact) mass is 318 g/mol. The minimum absolute atomic E-state index is 0.516. The molecule has 0 amide bonds. The fraction of sp³-hybridized carbons (Fsp3) is 0.538. The van der Waals surface area contributed by atoms with Gasteiger partial charge in [0.05, 0.1) is 6.61 Å². The SMILES string of the molecule is CC(C)COc1ccc(I)cc1C(C)C. The van der Waals surface area contributed by atoms with E-state index in [9.17, 15) is 0 Å². The number of hydrogen-bond acceptors (Lipinski definition) is 1. The first-order valence-electron chi connectivity index (χ1n) is 5.43. The zero-order valence-corrected chi connectivity index (χ0v) is 12.0. The second-order valence-electron chi connectivity index (χ2n) is 4.54. The van der Waals surface area contributed by atoms with Gasteiger partial charge in [0.1, 0.15) is 5.75 Å². The Labute approximate surface area is 106 Å². The highest BCUT2D eigenvalue weighted by molar-refractivity contribution is 14.1. The van der Waals surface area contributed by atoms with E-state index in [4.69, 9.17) is 4.74 Å². The van der Waals surface area contributed by atoms with Crippen LogP contribution in [0.3, 0.4) is 0 Å². The maximum Gasteiger partial charge on any atom is 0.122 e. The zero-order chi connectivity index (χ0) is 11.4. The summed E-state index contributed by atoms with van der Waals surface area (Å²) in [6, 6.07) is 6.39. The van der Waals surface area contributed by atoms with Crippen molar-refractivity contribution in [3.05, 3.63) is 27.3 Å². The molecule has 1 nitrogen and oxygen atoms in total. The van der Waals surface area contributed by atoms with E-state index in [0.717, 1.165) is 12.4 Å². The molecule has 0 unspecified atom stereocenters. The first-order valence-corrected chi connectivity index (χ1v) is 6.50. The fourth-order valence-corrected chi connectivity index (χ4v) is 1.87. The van der Waals surface area contributed by atoms with E-state index in [-0.39, 0.29) is 0 Å². The van der Waals surface area contributed by atoms with Crippen molar-refractivity contribution < 1.29 is 4.74 Å². The van der Waals surface area contributed by atoms with Crippen LogP contribution in [0.5, 0.6) is 5.75 Å². The molecule has 15 heavy (non-hydrogen) atoms. The van der Waals surface area contributed by atoms with Crippen LogP contribution < -0.4 is 4.74 Å². The lowest BCUT2D eigenvalue weighted by molar-refractivity contribution is 0.267. The van der Waals surface area contributed by atoms with E-state index in [0.29, 0.717) is 11.8 Å². The second kappa shape index (κ2) is 5.73. The Hall–Kier alpha value is -0.250. The predicted molar refractivity (Wildman–Crippen MR) is 73.6 cm³/mol. The van der Waals surface area contributed by atoms with E-state index in [2.05, 4.69) is 68.5 Å². The van der Waals surface area contributed by atoms with Crippen LogP contribution in [0.15, 0.2) is 18.2 Å². The van der Waals surface area contributed by atoms with Crippen LogP contribution in [0.1, 0.15) is 39.2 Å². The molecule has 1 rings (SSSR count). The fourth-order valence-electron chi connectivity index (χ4n) is 1.36. The minimum atomic E-state index is 0.516. The van der Waals surface area contributed by atoms with E-state index in [1.165, 1.54) is 9.13 Å². The molecule has 1 aromatic carbocycles. The number of benzene rings is 1. The first kappa shape index (κ1) is 12.8. The first-order chi connectivity index (χ1) is 7.00. The molecule has 0 heterocycles. The summed E-state index contributed by atoms with van der Waals surface area (Å²) in [5.74, 6) is 2.13. The summed E-state index contributed by atoms with van der Waals surface area (Å²) in [6.45, 7) is 9.53. The molecule has 0 atom stereocenters. The molecule has 0 fully saturated rings. The molecule has 84 valence electrons. The Morgan fingerprint density at radius 1 is 1.20 bits per heavy atom. The average molecular weight is 318 g/mol. The Morgan fingerprint density at radius 3 is 2.40 bits per heavy atom. The Morgan fingerprint density at radius 2 is 1.87 bits per heavy atom. The molecular formula is C13H19IO. The van der Waals surface area contributed by atoms with Gasteiger partial charge in [-0.15, -0.1) is 0 Å². The largest absolute Gasteiger partial charge is 0.493 e. The third-order valence-electron chi connectivity index (χ3n) is 2.17. The van der Waals surface area contributed by atoms with Gasteiger partial charge in [-0.3, -0.25) is 0 Å². The third-order valence-corrected chi connectivity index (χ3v) is 2.84. The van der Waals surface area contributed by atoms with Gasteiger partial charge >= 0.3 is 0 Å². The van der Waals surface area contributed by atoms with Crippen molar-refractivity contribution in [3.63, 3.8) is 0 Å². The summed E-state index contributed by atoms with van der Waals surface area (Å²) in [7, 11) is 0. The summed E-state index contributed by atoms with van der Waals surface area (Å²) in [5.41, 5.74) is 1.31. The summed E-state index contributed by atoms with van der Waals surface area (Å²) >= 11 is 2.34. The number of ether oxygens (including phenoxy) is 1. The molecule has 0 saturated heterocycles. The molecule has 0 bridgehead atoms. The van der Waals surface area contributed by atoms with Crippen molar-refractivity contribution in [2.75, 3.05) is 6.61 Å². The lowest BCUT2D eigenvalue weighted by Crippen LogP contribution is -2.06. The maximum absolute atomic E-state index is 5.81. The topological polar surface area (TPSA) is 9.23 Å². The van der Waals surface area contributed by atoms with E-state index < -0.39 is 0 Å². The summed E-state index contributed by atoms with van der Waals surface area (Å²) in [6.07, 6.45) is 0. The Balaban J connectivity index is 2.86. The smallest absolute Gasteiger partial charge is 0.122 e. The van der Waals surface area contributed by atoms with Gasteiger partial charge in [-0.25, -0.2) is 0 Å². The molecule has 0 aliphatic rings. The maximum atomic E-state index is 5.81. The normalized spacial score (nSPS) is 11.1. The van der Waals surface area contributed by atoms with Crippen molar-refractivity contribution >= 4 is 22.6 Å². The summed E-state index contributed by atoms with van der Waals surface area (Å²) < 4.78 is 7.08. The molecule has 0 aliphatic heterocycles. The van der Waals surface area contributed by atoms with Crippen molar-refractivity contribution in [1.82, 2.24) is 0 Å². The highest BCUT2D eigenvalue weighted by Crippen LogP contribution is 2.28. The molecule has 0 spiro atoms. The second-order valence-corrected chi connectivity index (χ2v) is 5.79. The molecule has 2 heteroatoms. The van der Waals surface area contributed by atoms with E-state index in [1.54, 1.807) is 0 Å². The van der Waals surface area contributed by atoms with Gasteiger partial charge in [-0.1, -0.05) is 27.7 Å². The highest BCUT2D eigenvalue weighted by Gasteiger charge is 2.08. The van der Waals surface area contributed by atoms with Gasteiger partial charge in [0.25, 0.3) is 0 Å². The number of halogens is 1. The standard InChI is InChI=1S/C13H19IO/c1-9(2)8-15-13-6-5-11(14)7-12(13)10(3)4/h5-7,9-10H,8H2,1-4H3. The molecule has 0 radical (unpaired) electrons. The van der Waals surface area contributed by atoms with Crippen molar-refractivity contribution in [3.8, 4) is 5.75 Å². The van der Waals surface area contributed by atoms with Crippen LogP contribution in [-0.4, -0.2) is 6.61 Å². The number of rotatable bonds is 4. The van der Waals surface area contributed by atoms with Crippen LogP contribution in [0.2, 0.25) is 0 Å². The van der Waals surface area contributed by atoms with E-state index in [1.807, 2.05) is 0 Å². The van der Waals surface area contributed by atoms with Crippen molar-refractivity contribution in [2.24, 2.45) is 5.92 Å². The third kappa shape index (κ3) is 4.01. The van der Waals surface area contributed by atoms with Crippen molar-refractivity contribution in [2.45, 2.75) is 33.6 Å². The molecule has 0 saturated carbocycles. The van der Waals surface area contributed by atoms with Gasteiger partial charge in [-0.2, -0.15) is 0 Å². The summed E-state index contributed by atoms with van der Waals surface area (Å²) in [4.78, 5) is 0. The quantitative estimate of drug-likeness (QED) is 0.745.